The molecule has 0 atom stereocenters. The smallest absolute Gasteiger partial charge is 0.208 e. The number of allylic oxidation sites excluding steroid dienone is 3. The lowest BCUT2D eigenvalue weighted by molar-refractivity contribution is 0.0371. The van der Waals surface area contributed by atoms with E-state index in [-0.39, 0.29) is 5.60 Å². The highest BCUT2D eigenvalue weighted by Gasteiger charge is 2.15. The molecule has 0 radical (unpaired) electrons. The topological polar surface area (TPSA) is 71.7 Å². The third-order valence-electron chi connectivity index (χ3n) is 1.67. The van der Waals surface area contributed by atoms with Gasteiger partial charge in [-0.05, 0) is 33.8 Å². The van der Waals surface area contributed by atoms with Gasteiger partial charge in [0, 0.05) is 24.2 Å². The van der Waals surface area contributed by atoms with Gasteiger partial charge in [-0.1, -0.05) is 0 Å². The molecule has 0 aromatic rings. The number of nitrogens with zero attached hydrogens (tertiary/aromatic N) is 1. The number of aliphatic imine (C=N–C) groups is 1. The molecule has 1 aliphatic heterocycles. The summed E-state index contributed by atoms with van der Waals surface area (Å²) in [6, 6.07) is 0. The molecule has 0 aromatic heterocycles. The van der Waals surface area contributed by atoms with Crippen LogP contribution >= 0.6 is 0 Å². The van der Waals surface area contributed by atoms with Crippen LogP contribution in [0.15, 0.2) is 40.6 Å². The van der Waals surface area contributed by atoms with Gasteiger partial charge in [0.2, 0.25) is 5.88 Å². The molecule has 0 spiro atoms. The maximum Gasteiger partial charge on any atom is 0.208 e. The molecule has 5 heteroatoms. The Kier molecular flexibility index (Phi) is 4.20. The van der Waals surface area contributed by atoms with Crippen molar-refractivity contribution in [2.45, 2.75) is 33.3 Å². The predicted molar refractivity (Wildman–Crippen MR) is 69.7 cm³/mol. The molecule has 0 fully saturated rings. The lowest BCUT2D eigenvalue weighted by atomic mass is 10.2. The summed E-state index contributed by atoms with van der Waals surface area (Å²) in [5.41, 5.74) is 12.5. The fourth-order valence-corrected chi connectivity index (χ4v) is 1.09. The summed E-state index contributed by atoms with van der Waals surface area (Å²) >= 11 is 0. The first-order valence-corrected chi connectivity index (χ1v) is 5.46. The van der Waals surface area contributed by atoms with Crippen LogP contribution in [-0.2, 0) is 4.74 Å². The number of hydrogen-bond donors (Lipinski definition) is 3. The molecule has 94 valence electrons. The van der Waals surface area contributed by atoms with Gasteiger partial charge < -0.3 is 15.9 Å². The number of rotatable bonds is 3. The Labute approximate surface area is 102 Å². The molecule has 17 heavy (non-hydrogen) atoms. The molecule has 4 N–H and O–H groups in total. The first-order valence-electron chi connectivity index (χ1n) is 5.46. The molecule has 0 unspecified atom stereocenters. The average Bonchev–Trinajstić information content (AvgIpc) is 2.14. The molecule has 1 aliphatic rings. The SMILES string of the molecule is CC(N)=CC=NC1=CNNC(OC(C)(C)C)=C1. The van der Waals surface area contributed by atoms with Crippen LogP contribution < -0.4 is 16.6 Å². The Bertz CT molecular complexity index is 382. The van der Waals surface area contributed by atoms with E-state index in [2.05, 4.69) is 15.8 Å². The highest BCUT2D eigenvalue weighted by molar-refractivity contribution is 5.73. The molecule has 0 aromatic carbocycles. The predicted octanol–water partition coefficient (Wildman–Crippen LogP) is 1.53. The van der Waals surface area contributed by atoms with Crippen molar-refractivity contribution >= 4 is 6.21 Å². The summed E-state index contributed by atoms with van der Waals surface area (Å²) in [6.07, 6.45) is 6.95. The first-order chi connectivity index (χ1) is 7.87. The third kappa shape index (κ3) is 5.65. The Morgan fingerprint density at radius 1 is 1.47 bits per heavy atom. The van der Waals surface area contributed by atoms with E-state index in [0.29, 0.717) is 11.6 Å². The van der Waals surface area contributed by atoms with Crippen LogP contribution in [0.3, 0.4) is 0 Å². The second-order valence-electron chi connectivity index (χ2n) is 4.75. The molecule has 0 aliphatic carbocycles. The molecule has 0 saturated carbocycles. The van der Waals surface area contributed by atoms with Gasteiger partial charge in [0.05, 0.1) is 5.70 Å². The Morgan fingerprint density at radius 3 is 2.76 bits per heavy atom. The van der Waals surface area contributed by atoms with Crippen molar-refractivity contribution in [2.24, 2.45) is 10.7 Å². The number of ether oxygens (including phenoxy) is 1. The summed E-state index contributed by atoms with van der Waals surface area (Å²) in [6.45, 7) is 7.76. The van der Waals surface area contributed by atoms with Crippen LogP contribution in [0, 0.1) is 0 Å². The summed E-state index contributed by atoms with van der Waals surface area (Å²) in [7, 11) is 0. The van der Waals surface area contributed by atoms with Gasteiger partial charge in [-0.3, -0.25) is 10.4 Å². The van der Waals surface area contributed by atoms with Gasteiger partial charge in [0.25, 0.3) is 0 Å². The zero-order valence-electron chi connectivity index (χ0n) is 10.7. The maximum atomic E-state index is 5.67. The van der Waals surface area contributed by atoms with E-state index in [1.54, 1.807) is 18.5 Å². The number of nitrogens with one attached hydrogen (secondary N) is 2. The van der Waals surface area contributed by atoms with E-state index < -0.39 is 0 Å². The summed E-state index contributed by atoms with van der Waals surface area (Å²) in [5, 5.41) is 0. The van der Waals surface area contributed by atoms with Crippen LogP contribution in [0.4, 0.5) is 0 Å². The van der Waals surface area contributed by atoms with Crippen LogP contribution in [0.25, 0.3) is 0 Å². The van der Waals surface area contributed by atoms with Crippen molar-refractivity contribution in [3.63, 3.8) is 0 Å². The van der Waals surface area contributed by atoms with E-state index in [1.165, 1.54) is 0 Å². The fourth-order valence-electron chi connectivity index (χ4n) is 1.09. The van der Waals surface area contributed by atoms with Crippen LogP contribution in [-0.4, -0.2) is 11.8 Å². The van der Waals surface area contributed by atoms with Gasteiger partial charge in [-0.15, -0.1) is 0 Å². The number of hydrazine groups is 1. The van der Waals surface area contributed by atoms with Crippen LogP contribution in [0.5, 0.6) is 0 Å². The minimum Gasteiger partial charge on any atom is -0.472 e. The standard InChI is InChI=1S/C12H20N4O/c1-9(13)5-6-14-10-7-11(16-15-8-10)17-12(2,3)4/h5-8,15-16H,13H2,1-4H3. The molecular formula is C12H20N4O. The van der Waals surface area contributed by atoms with Crippen molar-refractivity contribution < 1.29 is 4.74 Å². The highest BCUT2D eigenvalue weighted by Crippen LogP contribution is 2.14. The average molecular weight is 236 g/mol. The molecule has 0 saturated heterocycles. The third-order valence-corrected chi connectivity index (χ3v) is 1.67. The zero-order valence-corrected chi connectivity index (χ0v) is 10.7. The second kappa shape index (κ2) is 5.43. The quantitative estimate of drug-likeness (QED) is 0.650. The van der Waals surface area contributed by atoms with Crippen molar-refractivity contribution in [1.82, 2.24) is 10.9 Å². The minimum atomic E-state index is -0.250. The molecule has 1 heterocycles. The number of nitrogens with two attached hydrogens (primary N) is 1. The monoisotopic (exact) mass is 236 g/mol. The van der Waals surface area contributed by atoms with E-state index >= 15 is 0 Å². The van der Waals surface area contributed by atoms with E-state index in [0.717, 1.165) is 5.70 Å². The normalized spacial score (nSPS) is 17.1. The second-order valence-corrected chi connectivity index (χ2v) is 4.75. The molecular weight excluding hydrogens is 216 g/mol. The first kappa shape index (κ1) is 13.2. The van der Waals surface area contributed by atoms with Crippen molar-refractivity contribution in [1.29, 1.82) is 0 Å². The molecule has 1 rings (SSSR count). The minimum absolute atomic E-state index is 0.250. The van der Waals surface area contributed by atoms with E-state index in [4.69, 9.17) is 10.5 Å². The Balaban J connectivity index is 2.67. The maximum absolute atomic E-state index is 5.67. The van der Waals surface area contributed by atoms with Gasteiger partial charge in [0.15, 0.2) is 0 Å². The fraction of sp³-hybridized carbons (Fsp3) is 0.417. The highest BCUT2D eigenvalue weighted by atomic mass is 16.5. The largest absolute Gasteiger partial charge is 0.472 e. The lowest BCUT2D eigenvalue weighted by Gasteiger charge is -2.25. The summed E-state index contributed by atoms with van der Waals surface area (Å²) in [5.74, 6) is 0.639. The van der Waals surface area contributed by atoms with Crippen LogP contribution in [0.2, 0.25) is 0 Å². The molecule has 0 bridgehead atoms. The summed E-state index contributed by atoms with van der Waals surface area (Å²) < 4.78 is 5.67. The lowest BCUT2D eigenvalue weighted by Crippen LogP contribution is -2.34. The van der Waals surface area contributed by atoms with E-state index in [1.807, 2.05) is 33.8 Å². The summed E-state index contributed by atoms with van der Waals surface area (Å²) in [4.78, 5) is 4.22. The Morgan fingerprint density at radius 2 is 2.18 bits per heavy atom. The van der Waals surface area contributed by atoms with Crippen molar-refractivity contribution in [2.75, 3.05) is 0 Å². The number of hydrogen-bond acceptors (Lipinski definition) is 5. The Hall–Kier alpha value is -1.91. The molecule has 0 amide bonds. The van der Waals surface area contributed by atoms with Gasteiger partial charge in [-0.25, -0.2) is 0 Å². The van der Waals surface area contributed by atoms with Crippen LogP contribution in [0.1, 0.15) is 27.7 Å². The van der Waals surface area contributed by atoms with E-state index in [9.17, 15) is 0 Å². The van der Waals surface area contributed by atoms with Crippen molar-refractivity contribution in [3.8, 4) is 0 Å². The van der Waals surface area contributed by atoms with Gasteiger partial charge in [0.1, 0.15) is 5.60 Å². The van der Waals surface area contributed by atoms with Gasteiger partial charge in [-0.2, -0.15) is 0 Å². The van der Waals surface area contributed by atoms with Gasteiger partial charge >= 0.3 is 0 Å². The van der Waals surface area contributed by atoms with Crippen molar-refractivity contribution in [3.05, 3.63) is 35.6 Å². The zero-order chi connectivity index (χ0) is 12.9. The molecule has 5 nitrogen and oxygen atoms in total.